The molecular weight excluding hydrogens is 350 g/mol. The Kier molecular flexibility index (Phi) is 7.36. The first-order chi connectivity index (χ1) is 13.5. The van der Waals surface area contributed by atoms with Crippen LogP contribution in [-0.4, -0.2) is 51.3 Å². The van der Waals surface area contributed by atoms with E-state index in [-0.39, 0.29) is 11.9 Å². The lowest BCUT2D eigenvalue weighted by Gasteiger charge is -2.37. The number of carbonyl (C=O) groups excluding carboxylic acids is 1. The maximum Gasteiger partial charge on any atom is 0.278 e. The normalized spacial score (nSPS) is 31.8. The molecule has 0 radical (unpaired) electrons. The molecule has 1 saturated heterocycles. The third-order valence-electron chi connectivity index (χ3n) is 7.25. The standard InChI is InChI=1S/C23H37N3O2/c1-17-6-5-7-22(18(17)2)24-23(27)19(3)26-14-12-25(13-15-26)16-20-8-10-21(28-4)11-9-20/h8-11,17-19,22H,5-7,12-16H2,1-4H3,(H,24,27)/p+2/t17-,18-,19-,22-/m1/s1. The van der Waals surface area contributed by atoms with Crippen LogP contribution in [-0.2, 0) is 11.3 Å². The highest BCUT2D eigenvalue weighted by molar-refractivity contribution is 5.80. The van der Waals surface area contributed by atoms with Gasteiger partial charge in [0, 0.05) is 11.6 Å². The van der Waals surface area contributed by atoms with Crippen molar-refractivity contribution >= 4 is 5.91 Å². The maximum atomic E-state index is 12.8. The van der Waals surface area contributed by atoms with Gasteiger partial charge in [0.25, 0.3) is 5.91 Å². The number of quaternary nitrogens is 2. The Balaban J connectivity index is 1.45. The fourth-order valence-corrected chi connectivity index (χ4v) is 4.85. The smallest absolute Gasteiger partial charge is 0.278 e. The molecule has 1 aromatic rings. The molecule has 1 amide bonds. The zero-order valence-corrected chi connectivity index (χ0v) is 18.1. The number of ether oxygens (including phenoxy) is 1. The molecule has 5 nitrogen and oxygen atoms in total. The molecule has 0 spiro atoms. The quantitative estimate of drug-likeness (QED) is 0.656. The summed E-state index contributed by atoms with van der Waals surface area (Å²) in [5.74, 6) is 2.46. The van der Waals surface area contributed by atoms with E-state index in [0.717, 1.165) is 44.9 Å². The van der Waals surface area contributed by atoms with Gasteiger partial charge in [-0.2, -0.15) is 0 Å². The van der Waals surface area contributed by atoms with Crippen LogP contribution in [0, 0.1) is 11.8 Å². The molecule has 1 heterocycles. The van der Waals surface area contributed by atoms with Crippen LogP contribution >= 0.6 is 0 Å². The zero-order chi connectivity index (χ0) is 20.1. The number of hydrogen-bond donors (Lipinski definition) is 3. The Morgan fingerprint density at radius 2 is 1.82 bits per heavy atom. The molecule has 2 fully saturated rings. The van der Waals surface area contributed by atoms with Crippen molar-refractivity contribution in [3.63, 3.8) is 0 Å². The predicted molar refractivity (Wildman–Crippen MR) is 112 cm³/mol. The molecule has 1 aliphatic heterocycles. The number of benzene rings is 1. The minimum Gasteiger partial charge on any atom is -0.497 e. The van der Waals surface area contributed by atoms with E-state index >= 15 is 0 Å². The van der Waals surface area contributed by atoms with Gasteiger partial charge in [-0.3, -0.25) is 4.79 Å². The van der Waals surface area contributed by atoms with Crippen LogP contribution in [0.1, 0.15) is 45.6 Å². The number of piperazine rings is 1. The fourth-order valence-electron chi connectivity index (χ4n) is 4.85. The lowest BCUT2D eigenvalue weighted by atomic mass is 9.78. The van der Waals surface area contributed by atoms with Crippen LogP contribution in [0.3, 0.4) is 0 Å². The average molecular weight is 390 g/mol. The monoisotopic (exact) mass is 389 g/mol. The summed E-state index contributed by atoms with van der Waals surface area (Å²) < 4.78 is 5.24. The Bertz CT molecular complexity index is 625. The summed E-state index contributed by atoms with van der Waals surface area (Å²) in [5, 5.41) is 3.38. The van der Waals surface area contributed by atoms with Crippen LogP contribution in [0.25, 0.3) is 0 Å². The second-order valence-electron chi connectivity index (χ2n) is 9.04. The van der Waals surface area contributed by atoms with E-state index < -0.39 is 0 Å². The third-order valence-corrected chi connectivity index (χ3v) is 7.25. The van der Waals surface area contributed by atoms with Crippen molar-refractivity contribution in [2.24, 2.45) is 11.8 Å². The summed E-state index contributed by atoms with van der Waals surface area (Å²) in [4.78, 5) is 15.9. The van der Waals surface area contributed by atoms with E-state index in [1.165, 1.54) is 23.3 Å². The summed E-state index contributed by atoms with van der Waals surface area (Å²) in [6, 6.07) is 8.80. The third kappa shape index (κ3) is 5.26. The molecule has 3 rings (SSSR count). The van der Waals surface area contributed by atoms with Gasteiger partial charge in [-0.1, -0.05) is 26.7 Å². The first-order valence-corrected chi connectivity index (χ1v) is 11.1. The van der Waals surface area contributed by atoms with Gasteiger partial charge in [0.1, 0.15) is 38.5 Å². The number of carbonyl (C=O) groups is 1. The van der Waals surface area contributed by atoms with Crippen molar-refractivity contribution in [1.82, 2.24) is 5.32 Å². The second-order valence-corrected chi connectivity index (χ2v) is 9.04. The van der Waals surface area contributed by atoms with Crippen LogP contribution < -0.4 is 19.9 Å². The van der Waals surface area contributed by atoms with Crippen molar-refractivity contribution in [3.05, 3.63) is 29.8 Å². The molecule has 156 valence electrons. The number of hydrogen-bond acceptors (Lipinski definition) is 2. The number of methoxy groups -OCH3 is 1. The molecule has 1 saturated carbocycles. The van der Waals surface area contributed by atoms with E-state index in [4.69, 9.17) is 4.74 Å². The van der Waals surface area contributed by atoms with Gasteiger partial charge < -0.3 is 19.9 Å². The summed E-state index contributed by atoms with van der Waals surface area (Å²) in [6.45, 7) is 12.2. The first-order valence-electron chi connectivity index (χ1n) is 11.1. The summed E-state index contributed by atoms with van der Waals surface area (Å²) >= 11 is 0. The van der Waals surface area contributed by atoms with E-state index in [1.54, 1.807) is 12.0 Å². The highest BCUT2D eigenvalue weighted by Crippen LogP contribution is 2.29. The highest BCUT2D eigenvalue weighted by Gasteiger charge is 2.34. The zero-order valence-electron chi connectivity index (χ0n) is 18.1. The largest absolute Gasteiger partial charge is 0.497 e. The van der Waals surface area contributed by atoms with Crippen molar-refractivity contribution in [2.45, 2.75) is 58.7 Å². The molecule has 0 aromatic heterocycles. The van der Waals surface area contributed by atoms with E-state index in [1.807, 2.05) is 12.1 Å². The summed E-state index contributed by atoms with van der Waals surface area (Å²) in [7, 11) is 1.70. The Hall–Kier alpha value is -1.59. The Morgan fingerprint density at radius 3 is 2.46 bits per heavy atom. The van der Waals surface area contributed by atoms with Gasteiger partial charge in [0.15, 0.2) is 6.04 Å². The average Bonchev–Trinajstić information content (AvgIpc) is 2.72. The van der Waals surface area contributed by atoms with Crippen molar-refractivity contribution in [1.29, 1.82) is 0 Å². The van der Waals surface area contributed by atoms with Crippen molar-refractivity contribution in [3.8, 4) is 5.75 Å². The molecule has 0 unspecified atom stereocenters. The van der Waals surface area contributed by atoms with Crippen molar-refractivity contribution < 1.29 is 19.3 Å². The number of nitrogens with one attached hydrogen (secondary N) is 3. The summed E-state index contributed by atoms with van der Waals surface area (Å²) in [6.07, 6.45) is 3.68. The predicted octanol–water partition coefficient (Wildman–Crippen LogP) is 0.308. The maximum absolute atomic E-state index is 12.8. The summed E-state index contributed by atoms with van der Waals surface area (Å²) in [5.41, 5.74) is 1.35. The Morgan fingerprint density at radius 1 is 1.14 bits per heavy atom. The molecule has 1 aliphatic carbocycles. The molecule has 2 aliphatic rings. The van der Waals surface area contributed by atoms with Gasteiger partial charge in [-0.15, -0.1) is 0 Å². The SMILES string of the molecule is COc1ccc(C[NH+]2CC[NH+]([C@H](C)C(=O)N[C@@H]3CCC[C@@H](C)[C@H]3C)CC2)cc1. The van der Waals surface area contributed by atoms with Gasteiger partial charge in [0.05, 0.1) is 7.11 Å². The van der Waals surface area contributed by atoms with E-state index in [0.29, 0.717) is 17.9 Å². The molecule has 5 heteroatoms. The van der Waals surface area contributed by atoms with Crippen LogP contribution in [0.15, 0.2) is 24.3 Å². The van der Waals surface area contributed by atoms with Crippen LogP contribution in [0.2, 0.25) is 0 Å². The van der Waals surface area contributed by atoms with E-state index in [9.17, 15) is 4.79 Å². The molecule has 0 bridgehead atoms. The highest BCUT2D eigenvalue weighted by atomic mass is 16.5. The lowest BCUT2D eigenvalue weighted by Crippen LogP contribution is -3.29. The van der Waals surface area contributed by atoms with Crippen LogP contribution in [0.4, 0.5) is 0 Å². The van der Waals surface area contributed by atoms with Gasteiger partial charge >= 0.3 is 0 Å². The van der Waals surface area contributed by atoms with Gasteiger partial charge in [-0.05, 0) is 49.4 Å². The van der Waals surface area contributed by atoms with E-state index in [2.05, 4.69) is 38.2 Å². The molecule has 4 atom stereocenters. The fraction of sp³-hybridized carbons (Fsp3) is 0.696. The number of rotatable bonds is 6. The minimum atomic E-state index is 0.0481. The van der Waals surface area contributed by atoms with Gasteiger partial charge in [0.2, 0.25) is 0 Å². The number of amides is 1. The molecular formula is C23H39N3O2+2. The van der Waals surface area contributed by atoms with Crippen LogP contribution in [0.5, 0.6) is 5.75 Å². The van der Waals surface area contributed by atoms with Crippen molar-refractivity contribution in [2.75, 3.05) is 33.3 Å². The molecule has 1 aromatic carbocycles. The second kappa shape index (κ2) is 9.75. The first kappa shape index (κ1) is 21.1. The lowest BCUT2D eigenvalue weighted by molar-refractivity contribution is -1.02. The molecule has 3 N–H and O–H groups in total. The van der Waals surface area contributed by atoms with Gasteiger partial charge in [-0.25, -0.2) is 0 Å². The Labute approximate surface area is 170 Å². The minimum absolute atomic E-state index is 0.0481. The topological polar surface area (TPSA) is 47.2 Å². The molecule has 28 heavy (non-hydrogen) atoms.